The number of hydrogen-bond donors (Lipinski definition) is 1. The van der Waals surface area contributed by atoms with E-state index in [1.807, 2.05) is 30.3 Å². The lowest BCUT2D eigenvalue weighted by atomic mass is 9.69. The molecule has 0 radical (unpaired) electrons. The van der Waals surface area contributed by atoms with Crippen LogP contribution in [0.2, 0.25) is 0 Å². The average molecular weight is 193 g/mol. The third-order valence-corrected chi connectivity index (χ3v) is 3.01. The third-order valence-electron chi connectivity index (χ3n) is 3.01. The summed E-state index contributed by atoms with van der Waals surface area (Å²) in [6.07, 6.45) is 1.82. The summed E-state index contributed by atoms with van der Waals surface area (Å²) in [6, 6.07) is 9.83. The second kappa shape index (κ2) is 3.70. The van der Waals surface area contributed by atoms with E-state index in [1.165, 1.54) is 0 Å². The first-order valence-electron chi connectivity index (χ1n) is 5.15. The van der Waals surface area contributed by atoms with Crippen LogP contribution in [0, 0.1) is 5.92 Å². The molecule has 1 aromatic carbocycles. The average Bonchev–Trinajstić information content (AvgIpc) is 2.15. The lowest BCUT2D eigenvalue weighted by Crippen LogP contribution is -2.44. The largest absolute Gasteiger partial charge is 0.330 e. The van der Waals surface area contributed by atoms with E-state index in [0.717, 1.165) is 5.56 Å². The van der Waals surface area contributed by atoms with Crippen LogP contribution in [0.1, 0.15) is 18.4 Å². The van der Waals surface area contributed by atoms with E-state index in [2.05, 4.69) is 0 Å². The van der Waals surface area contributed by atoms with Crippen LogP contribution in [0.25, 0.3) is 0 Å². The Balaban J connectivity index is 1.93. The van der Waals surface area contributed by atoms with Gasteiger partial charge in [-0.05, 0) is 30.9 Å². The highest BCUT2D eigenvalue weighted by Crippen LogP contribution is 2.42. The van der Waals surface area contributed by atoms with Crippen molar-refractivity contribution in [1.29, 1.82) is 0 Å². The Bertz CT molecular complexity index is 290. The van der Waals surface area contributed by atoms with Crippen molar-refractivity contribution < 1.29 is 4.39 Å². The molecule has 0 aliphatic heterocycles. The Morgan fingerprint density at radius 1 is 1.29 bits per heavy atom. The molecule has 0 bridgehead atoms. The molecule has 1 aromatic rings. The van der Waals surface area contributed by atoms with Gasteiger partial charge in [0.05, 0.1) is 0 Å². The molecule has 76 valence electrons. The fraction of sp³-hybridized carbons (Fsp3) is 0.500. The van der Waals surface area contributed by atoms with Crippen LogP contribution in [0.5, 0.6) is 0 Å². The maximum Gasteiger partial charge on any atom is 0.115 e. The highest BCUT2D eigenvalue weighted by Gasteiger charge is 2.43. The van der Waals surface area contributed by atoms with E-state index in [4.69, 9.17) is 5.73 Å². The minimum Gasteiger partial charge on any atom is -0.330 e. The molecule has 1 saturated carbocycles. The SMILES string of the molecule is NCC1CC(F)(Cc2ccccc2)C1. The summed E-state index contributed by atoms with van der Waals surface area (Å²) < 4.78 is 14.0. The Hall–Kier alpha value is -0.890. The Kier molecular flexibility index (Phi) is 2.55. The second-order valence-corrected chi connectivity index (χ2v) is 4.32. The van der Waals surface area contributed by atoms with Crippen molar-refractivity contribution in [3.8, 4) is 0 Å². The van der Waals surface area contributed by atoms with E-state index in [0.29, 0.717) is 31.7 Å². The fourth-order valence-electron chi connectivity index (χ4n) is 2.25. The maximum absolute atomic E-state index is 14.0. The number of rotatable bonds is 3. The van der Waals surface area contributed by atoms with E-state index >= 15 is 0 Å². The quantitative estimate of drug-likeness (QED) is 0.783. The predicted molar refractivity (Wildman–Crippen MR) is 55.8 cm³/mol. The molecule has 0 heterocycles. The van der Waals surface area contributed by atoms with Crippen molar-refractivity contribution in [3.63, 3.8) is 0 Å². The van der Waals surface area contributed by atoms with Gasteiger partial charge in [-0.2, -0.15) is 0 Å². The standard InChI is InChI=1S/C12H16FN/c13-12(7-11(8-12)9-14)6-10-4-2-1-3-5-10/h1-5,11H,6-9,14H2. The summed E-state index contributed by atoms with van der Waals surface area (Å²) in [5.74, 6) is 0.406. The Morgan fingerprint density at radius 3 is 2.50 bits per heavy atom. The Morgan fingerprint density at radius 2 is 1.93 bits per heavy atom. The number of alkyl halides is 1. The molecule has 1 fully saturated rings. The van der Waals surface area contributed by atoms with Crippen molar-refractivity contribution in [2.24, 2.45) is 11.7 Å². The van der Waals surface area contributed by atoms with Gasteiger partial charge in [-0.1, -0.05) is 30.3 Å². The molecular formula is C12H16FN. The Labute approximate surface area is 84.1 Å². The summed E-state index contributed by atoms with van der Waals surface area (Å²) in [5.41, 5.74) is 5.59. The van der Waals surface area contributed by atoms with Crippen LogP contribution in [-0.2, 0) is 6.42 Å². The zero-order valence-corrected chi connectivity index (χ0v) is 8.25. The lowest BCUT2D eigenvalue weighted by molar-refractivity contribution is 0.0118. The zero-order chi connectivity index (χ0) is 10.0. The number of nitrogens with two attached hydrogens (primary N) is 1. The molecule has 1 nitrogen and oxygen atoms in total. The van der Waals surface area contributed by atoms with Crippen molar-refractivity contribution in [2.75, 3.05) is 6.54 Å². The van der Waals surface area contributed by atoms with Gasteiger partial charge in [-0.3, -0.25) is 0 Å². The first-order valence-corrected chi connectivity index (χ1v) is 5.15. The molecule has 1 aliphatic rings. The number of hydrogen-bond acceptors (Lipinski definition) is 1. The van der Waals surface area contributed by atoms with Gasteiger partial charge in [0, 0.05) is 6.42 Å². The molecule has 0 saturated heterocycles. The maximum atomic E-state index is 14.0. The molecule has 2 heteroatoms. The summed E-state index contributed by atoms with van der Waals surface area (Å²) in [5, 5.41) is 0. The molecule has 1 aliphatic carbocycles. The highest BCUT2D eigenvalue weighted by molar-refractivity contribution is 5.18. The van der Waals surface area contributed by atoms with Gasteiger partial charge in [0.25, 0.3) is 0 Å². The smallest absolute Gasteiger partial charge is 0.115 e. The molecule has 0 unspecified atom stereocenters. The summed E-state index contributed by atoms with van der Waals surface area (Å²) >= 11 is 0. The number of benzene rings is 1. The molecular weight excluding hydrogens is 177 g/mol. The predicted octanol–water partition coefficient (Wildman–Crippen LogP) is 2.31. The second-order valence-electron chi connectivity index (χ2n) is 4.32. The highest BCUT2D eigenvalue weighted by atomic mass is 19.1. The topological polar surface area (TPSA) is 26.0 Å². The molecule has 0 aromatic heterocycles. The normalized spacial score (nSPS) is 31.1. The number of halogens is 1. The molecule has 0 atom stereocenters. The van der Waals surface area contributed by atoms with E-state index < -0.39 is 5.67 Å². The van der Waals surface area contributed by atoms with Crippen LogP contribution in [-0.4, -0.2) is 12.2 Å². The fourth-order valence-corrected chi connectivity index (χ4v) is 2.25. The van der Waals surface area contributed by atoms with Crippen molar-refractivity contribution in [1.82, 2.24) is 0 Å². The van der Waals surface area contributed by atoms with Gasteiger partial charge in [0.2, 0.25) is 0 Å². The van der Waals surface area contributed by atoms with Gasteiger partial charge < -0.3 is 5.73 Å². The first kappa shape index (κ1) is 9.66. The monoisotopic (exact) mass is 193 g/mol. The molecule has 2 N–H and O–H groups in total. The summed E-state index contributed by atoms with van der Waals surface area (Å²) in [6.45, 7) is 0.625. The van der Waals surface area contributed by atoms with Gasteiger partial charge in [0.15, 0.2) is 0 Å². The van der Waals surface area contributed by atoms with Crippen LogP contribution in [0.15, 0.2) is 30.3 Å². The molecule has 14 heavy (non-hydrogen) atoms. The van der Waals surface area contributed by atoms with Crippen molar-refractivity contribution in [3.05, 3.63) is 35.9 Å². The zero-order valence-electron chi connectivity index (χ0n) is 8.25. The van der Waals surface area contributed by atoms with Gasteiger partial charge in [-0.15, -0.1) is 0 Å². The van der Waals surface area contributed by atoms with Crippen LogP contribution in [0.4, 0.5) is 4.39 Å². The van der Waals surface area contributed by atoms with Crippen molar-refractivity contribution >= 4 is 0 Å². The molecule has 2 rings (SSSR count). The first-order chi connectivity index (χ1) is 6.72. The van der Waals surface area contributed by atoms with Crippen molar-refractivity contribution in [2.45, 2.75) is 24.9 Å². The van der Waals surface area contributed by atoms with Gasteiger partial charge >= 0.3 is 0 Å². The van der Waals surface area contributed by atoms with Gasteiger partial charge in [-0.25, -0.2) is 4.39 Å². The van der Waals surface area contributed by atoms with Gasteiger partial charge in [0.1, 0.15) is 5.67 Å². The van der Waals surface area contributed by atoms with E-state index in [-0.39, 0.29) is 0 Å². The minimum atomic E-state index is -0.981. The van der Waals surface area contributed by atoms with Crippen LogP contribution in [0.3, 0.4) is 0 Å². The molecule has 0 amide bonds. The van der Waals surface area contributed by atoms with E-state index in [1.54, 1.807) is 0 Å². The summed E-state index contributed by atoms with van der Waals surface area (Å²) in [4.78, 5) is 0. The van der Waals surface area contributed by atoms with E-state index in [9.17, 15) is 4.39 Å². The van der Waals surface area contributed by atoms with Crippen LogP contribution >= 0.6 is 0 Å². The lowest BCUT2D eigenvalue weighted by Gasteiger charge is -2.41. The van der Waals surface area contributed by atoms with Crippen LogP contribution < -0.4 is 5.73 Å². The minimum absolute atomic E-state index is 0.406. The third kappa shape index (κ3) is 1.95. The molecule has 0 spiro atoms. The summed E-state index contributed by atoms with van der Waals surface area (Å²) in [7, 11) is 0.